The maximum Gasteiger partial charge on any atom is 0.251 e. The number of H-pyrrole nitrogens is 1. The molecule has 0 spiro atoms. The third kappa shape index (κ3) is 6.02. The van der Waals surface area contributed by atoms with E-state index in [1.54, 1.807) is 43.3 Å². The summed E-state index contributed by atoms with van der Waals surface area (Å²) in [5.41, 5.74) is 4.13. The number of tetrazole rings is 1. The molecule has 12 nitrogen and oxygen atoms in total. The van der Waals surface area contributed by atoms with Crippen molar-refractivity contribution in [3.8, 4) is 6.07 Å². The van der Waals surface area contributed by atoms with Gasteiger partial charge in [-0.25, -0.2) is 9.49 Å². The molecule has 246 valence electrons. The molecule has 1 aliphatic carbocycles. The first-order valence-corrected chi connectivity index (χ1v) is 15.9. The fourth-order valence-corrected chi connectivity index (χ4v) is 7.15. The topological polar surface area (TPSA) is 169 Å². The molecule has 1 fully saturated rings. The number of aromatic nitrogens is 4. The number of nitrogens with one attached hydrogen (secondary N) is 4. The minimum absolute atomic E-state index is 0.0596. The van der Waals surface area contributed by atoms with E-state index in [1.165, 1.54) is 12.1 Å². The summed E-state index contributed by atoms with van der Waals surface area (Å²) in [4.78, 5) is 40.6. The number of fused-ring (bicyclic) bond motifs is 2. The number of hydrogen-bond acceptors (Lipinski definition) is 8. The van der Waals surface area contributed by atoms with Crippen LogP contribution in [0.15, 0.2) is 60.7 Å². The van der Waals surface area contributed by atoms with Crippen LogP contribution in [-0.4, -0.2) is 76.5 Å². The minimum Gasteiger partial charge on any atom is -0.355 e. The van der Waals surface area contributed by atoms with Crippen LogP contribution in [0.3, 0.4) is 0 Å². The number of aryl methyl sites for hydroxylation is 2. The third-order valence-electron chi connectivity index (χ3n) is 9.53. The third-order valence-corrected chi connectivity index (χ3v) is 9.53. The normalized spacial score (nSPS) is 17.0. The lowest BCUT2D eigenvalue weighted by Gasteiger charge is -2.38. The fraction of sp³-hybridized carbons (Fsp3) is 0.343. The lowest BCUT2D eigenvalue weighted by atomic mass is 9.67. The van der Waals surface area contributed by atoms with Crippen LogP contribution in [0.2, 0.25) is 0 Å². The summed E-state index contributed by atoms with van der Waals surface area (Å²) in [6.45, 7) is 0.450. The molecule has 0 saturated carbocycles. The van der Waals surface area contributed by atoms with Gasteiger partial charge in [-0.2, -0.15) is 5.26 Å². The number of amides is 3. The van der Waals surface area contributed by atoms with Crippen LogP contribution in [0.4, 0.5) is 4.39 Å². The Kier molecular flexibility index (Phi) is 9.27. The van der Waals surface area contributed by atoms with Crippen molar-refractivity contribution in [3.63, 3.8) is 0 Å². The number of likely N-dealkylation sites (tertiary alicyclic amines) is 1. The van der Waals surface area contributed by atoms with Crippen molar-refractivity contribution in [1.29, 1.82) is 5.26 Å². The second kappa shape index (κ2) is 13.7. The van der Waals surface area contributed by atoms with E-state index in [4.69, 9.17) is 0 Å². The second-order valence-electron chi connectivity index (χ2n) is 12.1. The van der Waals surface area contributed by atoms with Gasteiger partial charge in [-0.3, -0.25) is 14.4 Å². The number of nitriles is 1. The summed E-state index contributed by atoms with van der Waals surface area (Å²) in [6.07, 6.45) is 2.78. The van der Waals surface area contributed by atoms with Gasteiger partial charge in [0.05, 0.1) is 18.0 Å². The summed E-state index contributed by atoms with van der Waals surface area (Å²) < 4.78 is 14.2. The Morgan fingerprint density at radius 1 is 1.00 bits per heavy atom. The van der Waals surface area contributed by atoms with Crippen molar-refractivity contribution in [1.82, 2.24) is 41.5 Å². The predicted molar refractivity (Wildman–Crippen MR) is 173 cm³/mol. The summed E-state index contributed by atoms with van der Waals surface area (Å²) in [7, 11) is 3.16. The van der Waals surface area contributed by atoms with E-state index in [9.17, 15) is 24.0 Å². The molecule has 13 heteroatoms. The fourth-order valence-electron chi connectivity index (χ4n) is 7.15. The Morgan fingerprint density at radius 3 is 2.17 bits per heavy atom. The lowest BCUT2D eigenvalue weighted by Crippen LogP contribution is -2.43. The maximum atomic E-state index is 14.2. The average molecular weight is 650 g/mol. The number of rotatable bonds is 9. The molecular formula is C35H36FN9O3. The first-order chi connectivity index (χ1) is 23.3. The van der Waals surface area contributed by atoms with Gasteiger partial charge < -0.3 is 20.9 Å². The molecule has 0 bridgehead atoms. The minimum atomic E-state index is -1.08. The van der Waals surface area contributed by atoms with Gasteiger partial charge in [0.1, 0.15) is 11.9 Å². The summed E-state index contributed by atoms with van der Waals surface area (Å²) in [5, 5.41) is 33.8. The number of benzene rings is 3. The zero-order valence-corrected chi connectivity index (χ0v) is 26.7. The van der Waals surface area contributed by atoms with E-state index in [1.807, 2.05) is 24.3 Å². The molecule has 0 radical (unpaired) electrons. The summed E-state index contributed by atoms with van der Waals surface area (Å²) >= 11 is 0. The van der Waals surface area contributed by atoms with Crippen molar-refractivity contribution in [2.45, 2.75) is 49.6 Å². The van der Waals surface area contributed by atoms with E-state index in [-0.39, 0.29) is 30.7 Å². The molecule has 3 aromatic carbocycles. The molecule has 4 N–H and O–H groups in total. The molecule has 1 aromatic heterocycles. The monoisotopic (exact) mass is 649 g/mol. The molecule has 1 saturated heterocycles. The zero-order chi connectivity index (χ0) is 33.8. The number of carbonyl (C=O) groups excluding carboxylic acids is 3. The van der Waals surface area contributed by atoms with Gasteiger partial charge in [0.2, 0.25) is 5.91 Å². The van der Waals surface area contributed by atoms with Crippen LogP contribution in [0, 0.1) is 17.1 Å². The highest BCUT2D eigenvalue weighted by molar-refractivity contribution is 5.95. The second-order valence-corrected chi connectivity index (χ2v) is 12.1. The molecule has 2 heterocycles. The Balaban J connectivity index is 1.53. The first-order valence-electron chi connectivity index (χ1n) is 15.9. The number of halogens is 1. The predicted octanol–water partition coefficient (Wildman–Crippen LogP) is 2.73. The van der Waals surface area contributed by atoms with E-state index >= 15 is 0 Å². The van der Waals surface area contributed by atoms with Gasteiger partial charge in [-0.1, -0.05) is 24.3 Å². The highest BCUT2D eigenvalue weighted by atomic mass is 19.1. The Labute approximate surface area is 277 Å². The molecule has 6 rings (SSSR count). The summed E-state index contributed by atoms with van der Waals surface area (Å²) in [6, 6.07) is 18.4. The number of aromatic amines is 1. The van der Waals surface area contributed by atoms with Gasteiger partial charge in [-0.15, -0.1) is 5.10 Å². The van der Waals surface area contributed by atoms with Crippen LogP contribution in [0.1, 0.15) is 79.7 Å². The van der Waals surface area contributed by atoms with Crippen LogP contribution < -0.4 is 16.0 Å². The molecule has 2 aliphatic rings. The van der Waals surface area contributed by atoms with Crippen molar-refractivity contribution < 1.29 is 18.8 Å². The number of carbonyl (C=O) groups is 3. The highest BCUT2D eigenvalue weighted by Gasteiger charge is 2.46. The largest absolute Gasteiger partial charge is 0.355 e. The zero-order valence-electron chi connectivity index (χ0n) is 26.7. The molecule has 1 unspecified atom stereocenters. The molecule has 48 heavy (non-hydrogen) atoms. The first kappa shape index (κ1) is 32.5. The van der Waals surface area contributed by atoms with E-state index in [0.717, 1.165) is 34.2 Å². The van der Waals surface area contributed by atoms with Crippen molar-refractivity contribution in [2.24, 2.45) is 0 Å². The highest BCUT2D eigenvalue weighted by Crippen LogP contribution is 2.49. The van der Waals surface area contributed by atoms with Crippen LogP contribution in [0.5, 0.6) is 0 Å². The molecule has 4 aromatic rings. The smallest absolute Gasteiger partial charge is 0.251 e. The maximum absolute atomic E-state index is 14.2. The van der Waals surface area contributed by atoms with Crippen molar-refractivity contribution in [2.75, 3.05) is 27.2 Å². The Morgan fingerprint density at radius 2 is 1.62 bits per heavy atom. The Bertz CT molecular complexity index is 1800. The SMILES string of the molecule is CNC(=O)c1ccc2c(c1)CCc1cc(C(=O)NC)ccc1C2(C[C@@H](NCC(=O)N1CCCC1C#N)c1ccc(F)cc1)c1nnn[nH]1. The average Bonchev–Trinajstić information content (AvgIpc) is 3.82. The molecule has 2 atom stereocenters. The van der Waals surface area contributed by atoms with Gasteiger partial charge in [-0.05, 0) is 107 Å². The van der Waals surface area contributed by atoms with E-state index in [2.05, 4.69) is 42.6 Å². The Hall–Kier alpha value is -5.48. The van der Waals surface area contributed by atoms with Crippen LogP contribution in [0.25, 0.3) is 0 Å². The van der Waals surface area contributed by atoms with Crippen LogP contribution >= 0.6 is 0 Å². The van der Waals surface area contributed by atoms with Crippen molar-refractivity contribution in [3.05, 3.63) is 111 Å². The molecule has 1 aliphatic heterocycles. The molecular weight excluding hydrogens is 613 g/mol. The van der Waals surface area contributed by atoms with Gasteiger partial charge >= 0.3 is 0 Å². The summed E-state index contributed by atoms with van der Waals surface area (Å²) in [5.74, 6) is -0.624. The van der Waals surface area contributed by atoms with Gasteiger partial charge in [0, 0.05) is 37.8 Å². The lowest BCUT2D eigenvalue weighted by molar-refractivity contribution is -0.130. The van der Waals surface area contributed by atoms with E-state index in [0.29, 0.717) is 42.8 Å². The quantitative estimate of drug-likeness (QED) is 0.215. The van der Waals surface area contributed by atoms with Gasteiger partial charge in [0.25, 0.3) is 11.8 Å². The van der Waals surface area contributed by atoms with Crippen LogP contribution in [-0.2, 0) is 23.1 Å². The van der Waals surface area contributed by atoms with Crippen molar-refractivity contribution >= 4 is 17.7 Å². The molecule has 3 amide bonds. The van der Waals surface area contributed by atoms with E-state index < -0.39 is 23.3 Å². The number of nitrogens with zero attached hydrogens (tertiary/aromatic N) is 5. The number of hydrogen-bond donors (Lipinski definition) is 4. The van der Waals surface area contributed by atoms with Gasteiger partial charge in [0.15, 0.2) is 5.82 Å². The standard InChI is InChI=1S/C35H36FN9O3/c1-38-32(47)24-9-13-28-22(16-24)5-6-23-17-25(33(48)39-2)10-14-29(23)35(28,34-41-43-44-42-34)18-30(21-7-11-26(36)12-8-21)40-20-31(46)45-15-3-4-27(45)19-37/h7-14,16-17,27,30,40H,3-6,15,18,20H2,1-2H3,(H,38,47)(H,39,48)(H,41,42,43,44)/t27?,30-/m1/s1.